The summed E-state index contributed by atoms with van der Waals surface area (Å²) in [5.74, 6) is 0. The highest BCUT2D eigenvalue weighted by molar-refractivity contribution is 6.13. The maximum absolute atomic E-state index is 14.4. The zero-order chi connectivity index (χ0) is 25.4. The Hall–Kier alpha value is -3.07. The quantitative estimate of drug-likeness (QED) is 0.117. The summed E-state index contributed by atoms with van der Waals surface area (Å²) in [6, 6.07) is 26.7. The van der Waals surface area contributed by atoms with Crippen LogP contribution in [0.15, 0.2) is 89.1 Å². The first kappa shape index (κ1) is 27.5. The molecule has 1 unspecified atom stereocenters. The maximum atomic E-state index is 14.4. The van der Waals surface area contributed by atoms with Gasteiger partial charge in [-0.2, -0.15) is 5.10 Å². The number of alkyl halides is 1. The van der Waals surface area contributed by atoms with Crippen molar-refractivity contribution in [2.75, 3.05) is 0 Å². The molecular weight excluding hydrogens is 443 g/mol. The van der Waals surface area contributed by atoms with Gasteiger partial charge in [-0.15, -0.1) is 5.10 Å². The highest BCUT2D eigenvalue weighted by Crippen LogP contribution is 2.17. The molecule has 0 aliphatic rings. The van der Waals surface area contributed by atoms with Crippen LogP contribution in [0.3, 0.4) is 0 Å². The second-order valence-corrected chi connectivity index (χ2v) is 9.56. The third-order valence-electron chi connectivity index (χ3n) is 6.56. The predicted molar refractivity (Wildman–Crippen MR) is 153 cm³/mol. The first-order chi connectivity index (χ1) is 17.7. The van der Waals surface area contributed by atoms with Crippen molar-refractivity contribution in [2.45, 2.75) is 84.2 Å². The van der Waals surface area contributed by atoms with Crippen molar-refractivity contribution in [3.05, 3.63) is 107 Å². The minimum atomic E-state index is -0.781. The highest BCUT2D eigenvalue weighted by atomic mass is 19.1. The average molecular weight is 485 g/mol. The highest BCUT2D eigenvalue weighted by Gasteiger charge is 2.10. The molecular formula is C33H41FN2. The lowest BCUT2D eigenvalue weighted by Gasteiger charge is -2.10. The van der Waals surface area contributed by atoms with Crippen LogP contribution in [0.5, 0.6) is 0 Å². The summed E-state index contributed by atoms with van der Waals surface area (Å²) in [5.41, 5.74) is 6.28. The fourth-order valence-electron chi connectivity index (χ4n) is 4.43. The standard InChI is InChI=1S/C33H41FN2/c1-3-5-7-10-15-28-16-13-14-19-31(28)26-35-36-33(29-17-11-8-12-18-29)30-23-21-27(22-24-30)25-32(34)20-9-6-4-2/h8,11-14,16-19,21-24,26,32H,3-7,9-10,15,20,25H2,1-2H3. The molecule has 0 N–H and O–H groups in total. The summed E-state index contributed by atoms with van der Waals surface area (Å²) < 4.78 is 14.4. The molecule has 0 aliphatic heterocycles. The molecule has 0 radical (unpaired) electrons. The van der Waals surface area contributed by atoms with Crippen LogP contribution >= 0.6 is 0 Å². The van der Waals surface area contributed by atoms with Crippen molar-refractivity contribution in [3.63, 3.8) is 0 Å². The van der Waals surface area contributed by atoms with Crippen LogP contribution < -0.4 is 0 Å². The Morgan fingerprint density at radius 1 is 0.750 bits per heavy atom. The van der Waals surface area contributed by atoms with Gasteiger partial charge >= 0.3 is 0 Å². The van der Waals surface area contributed by atoms with Crippen LogP contribution in [0.25, 0.3) is 0 Å². The first-order valence-electron chi connectivity index (χ1n) is 13.7. The third-order valence-corrected chi connectivity index (χ3v) is 6.56. The predicted octanol–water partition coefficient (Wildman–Crippen LogP) is 9.14. The van der Waals surface area contributed by atoms with Crippen molar-refractivity contribution in [3.8, 4) is 0 Å². The zero-order valence-electron chi connectivity index (χ0n) is 22.0. The van der Waals surface area contributed by atoms with Crippen molar-refractivity contribution in [1.29, 1.82) is 0 Å². The van der Waals surface area contributed by atoms with Gasteiger partial charge in [0.05, 0.1) is 6.21 Å². The number of halogens is 1. The molecule has 2 nitrogen and oxygen atoms in total. The molecule has 0 saturated carbocycles. The molecule has 0 aromatic heterocycles. The van der Waals surface area contributed by atoms with Crippen LogP contribution in [0.4, 0.5) is 4.39 Å². The van der Waals surface area contributed by atoms with Gasteiger partial charge in [-0.25, -0.2) is 4.39 Å². The molecule has 0 heterocycles. The van der Waals surface area contributed by atoms with Gasteiger partial charge < -0.3 is 0 Å². The number of unbranched alkanes of at least 4 members (excludes halogenated alkanes) is 5. The van der Waals surface area contributed by atoms with E-state index in [1.165, 1.54) is 31.2 Å². The number of benzene rings is 3. The van der Waals surface area contributed by atoms with Gasteiger partial charge in [0.2, 0.25) is 0 Å². The van der Waals surface area contributed by atoms with Gasteiger partial charge in [-0.3, -0.25) is 0 Å². The van der Waals surface area contributed by atoms with Crippen LogP contribution in [0.1, 0.15) is 93.0 Å². The first-order valence-corrected chi connectivity index (χ1v) is 13.7. The topological polar surface area (TPSA) is 24.7 Å². The third kappa shape index (κ3) is 9.18. The fraction of sp³-hybridized carbons (Fsp3) is 0.394. The SMILES string of the molecule is CCCCCCc1ccccc1C=NN=C(c1ccccc1)c1ccc(CC(F)CCCCC)cc1. The van der Waals surface area contributed by atoms with Crippen molar-refractivity contribution in [1.82, 2.24) is 0 Å². The molecule has 0 fully saturated rings. The summed E-state index contributed by atoms with van der Waals surface area (Å²) in [7, 11) is 0. The van der Waals surface area contributed by atoms with E-state index >= 15 is 0 Å². The molecule has 3 aromatic carbocycles. The Morgan fingerprint density at radius 3 is 2.17 bits per heavy atom. The number of rotatable bonds is 15. The Balaban J connectivity index is 1.76. The van der Waals surface area contributed by atoms with Crippen molar-refractivity contribution < 1.29 is 4.39 Å². The summed E-state index contributed by atoms with van der Waals surface area (Å²) >= 11 is 0. The monoisotopic (exact) mass is 484 g/mol. The molecule has 3 rings (SSSR count). The zero-order valence-corrected chi connectivity index (χ0v) is 22.0. The van der Waals surface area contributed by atoms with E-state index in [1.807, 2.05) is 48.7 Å². The Morgan fingerprint density at radius 2 is 1.42 bits per heavy atom. The molecule has 0 saturated heterocycles. The normalized spacial score (nSPS) is 12.8. The van der Waals surface area contributed by atoms with Crippen LogP contribution in [0.2, 0.25) is 0 Å². The average Bonchev–Trinajstić information content (AvgIpc) is 2.91. The molecule has 36 heavy (non-hydrogen) atoms. The van der Waals surface area contributed by atoms with Gasteiger partial charge in [0.1, 0.15) is 11.9 Å². The summed E-state index contributed by atoms with van der Waals surface area (Å²) in [5, 5.41) is 9.18. The second-order valence-electron chi connectivity index (χ2n) is 9.56. The Kier molecular flexibility index (Phi) is 12.1. The van der Waals surface area contributed by atoms with Crippen molar-refractivity contribution >= 4 is 11.9 Å². The van der Waals surface area contributed by atoms with Crippen LogP contribution in [-0.4, -0.2) is 18.1 Å². The van der Waals surface area contributed by atoms with Gasteiger partial charge in [-0.05, 0) is 36.0 Å². The number of aryl methyl sites for hydroxylation is 1. The molecule has 0 spiro atoms. The molecule has 190 valence electrons. The van der Waals surface area contributed by atoms with E-state index < -0.39 is 6.17 Å². The minimum Gasteiger partial charge on any atom is -0.247 e. The summed E-state index contributed by atoms with van der Waals surface area (Å²) in [6.07, 6.45) is 11.4. The smallest absolute Gasteiger partial charge is 0.104 e. The van der Waals surface area contributed by atoms with Crippen molar-refractivity contribution in [2.24, 2.45) is 10.2 Å². The number of hydrogen-bond donors (Lipinski definition) is 0. The molecule has 0 aliphatic carbocycles. The lowest BCUT2D eigenvalue weighted by atomic mass is 9.98. The molecule has 0 bridgehead atoms. The largest absolute Gasteiger partial charge is 0.247 e. The molecule has 3 aromatic rings. The van der Waals surface area contributed by atoms with E-state index in [9.17, 15) is 4.39 Å². The fourth-order valence-corrected chi connectivity index (χ4v) is 4.43. The van der Waals surface area contributed by atoms with Gasteiger partial charge in [0.25, 0.3) is 0 Å². The van der Waals surface area contributed by atoms with Gasteiger partial charge in [-0.1, -0.05) is 131 Å². The number of hydrogen-bond acceptors (Lipinski definition) is 2. The van der Waals surface area contributed by atoms with E-state index in [-0.39, 0.29) is 0 Å². The molecule has 3 heteroatoms. The summed E-state index contributed by atoms with van der Waals surface area (Å²) in [6.45, 7) is 4.39. The van der Waals surface area contributed by atoms with Gasteiger partial charge in [0.15, 0.2) is 0 Å². The van der Waals surface area contributed by atoms with E-state index in [0.717, 1.165) is 53.6 Å². The van der Waals surface area contributed by atoms with Crippen LogP contribution in [0, 0.1) is 0 Å². The van der Waals surface area contributed by atoms with E-state index in [4.69, 9.17) is 0 Å². The lowest BCUT2D eigenvalue weighted by Crippen LogP contribution is -2.06. The maximum Gasteiger partial charge on any atom is 0.104 e. The van der Waals surface area contributed by atoms with Crippen LogP contribution in [-0.2, 0) is 12.8 Å². The number of nitrogens with zero attached hydrogens (tertiary/aromatic N) is 2. The molecule has 1 atom stereocenters. The van der Waals surface area contributed by atoms with E-state index in [2.05, 4.69) is 60.4 Å². The Labute approximate surface area is 217 Å². The second kappa shape index (κ2) is 15.8. The summed E-state index contributed by atoms with van der Waals surface area (Å²) in [4.78, 5) is 0. The minimum absolute atomic E-state index is 0.467. The van der Waals surface area contributed by atoms with E-state index in [1.54, 1.807) is 0 Å². The lowest BCUT2D eigenvalue weighted by molar-refractivity contribution is 0.304. The van der Waals surface area contributed by atoms with Gasteiger partial charge in [0, 0.05) is 17.5 Å². The molecule has 0 amide bonds. The Bertz CT molecular complexity index is 1070. The van der Waals surface area contributed by atoms with E-state index in [0.29, 0.717) is 12.8 Å².